The number of nitrogens with zero attached hydrogens (tertiary/aromatic N) is 2. The zero-order valence-electron chi connectivity index (χ0n) is 16.7. The predicted molar refractivity (Wildman–Crippen MR) is 96.0 cm³/mol. The van der Waals surface area contributed by atoms with Crippen LogP contribution in [0, 0.1) is 0 Å². The molecule has 2 N–H and O–H groups in total. The Bertz CT molecular complexity index is 780. The molecule has 0 unspecified atom stereocenters. The summed E-state index contributed by atoms with van der Waals surface area (Å²) in [6, 6.07) is 10.7. The maximum atomic E-state index is 10.7. The second-order valence-corrected chi connectivity index (χ2v) is 5.03. The number of rotatable bonds is 6. The number of carbonyl (C=O) groups is 4. The topological polar surface area (TPSA) is 190 Å². The van der Waals surface area contributed by atoms with Crippen molar-refractivity contribution < 1.29 is 109 Å². The SMILES string of the molecule is [NH-]CC(=O)[N-]c1ccc(C(=O)[O-])cc1.[NH-]CC(=O)[N-]c1ccc(C(=O)[O-])cc1.[Na+].[Na+].[Pd]. The fourth-order valence-corrected chi connectivity index (χ4v) is 1.71. The van der Waals surface area contributed by atoms with E-state index in [-0.39, 0.29) is 90.7 Å². The van der Waals surface area contributed by atoms with E-state index in [4.69, 9.17) is 11.5 Å². The minimum atomic E-state index is -1.27. The van der Waals surface area contributed by atoms with Gasteiger partial charge >= 0.3 is 59.1 Å². The number of amides is 2. The van der Waals surface area contributed by atoms with Gasteiger partial charge in [0.05, 0.1) is 11.9 Å². The van der Waals surface area contributed by atoms with E-state index in [2.05, 4.69) is 10.6 Å². The van der Waals surface area contributed by atoms with Crippen molar-refractivity contribution in [3.63, 3.8) is 0 Å². The summed E-state index contributed by atoms with van der Waals surface area (Å²) in [4.78, 5) is 42.1. The number of hydrogen-bond acceptors (Lipinski definition) is 6. The quantitative estimate of drug-likeness (QED) is 0.334. The molecular weight excluding hydrogens is 521 g/mol. The summed E-state index contributed by atoms with van der Waals surface area (Å²) in [6.45, 7) is -0.829. The number of carboxylic acid groups (broad SMARTS) is 2. The number of hydrogen-bond donors (Lipinski definition) is 0. The van der Waals surface area contributed by atoms with Gasteiger partial charge in [0.2, 0.25) is 0 Å². The Morgan fingerprint density at radius 1 is 0.645 bits per heavy atom. The normalized spacial score (nSPS) is 8.58. The molecule has 0 bridgehead atoms. The van der Waals surface area contributed by atoms with Crippen LogP contribution in [0.2, 0.25) is 0 Å². The Morgan fingerprint density at radius 3 is 1.10 bits per heavy atom. The Labute approximate surface area is 236 Å². The third kappa shape index (κ3) is 13.8. The summed E-state index contributed by atoms with van der Waals surface area (Å²) in [5.41, 5.74) is 14.2. The van der Waals surface area contributed by atoms with Gasteiger partial charge in [0, 0.05) is 32.2 Å². The van der Waals surface area contributed by atoms with Crippen LogP contribution in [0.3, 0.4) is 0 Å². The van der Waals surface area contributed by atoms with E-state index in [1.807, 2.05) is 0 Å². The number of aromatic carboxylic acids is 2. The smallest absolute Gasteiger partial charge is 0.673 e. The van der Waals surface area contributed by atoms with Gasteiger partial charge in [-0.15, -0.1) is 24.5 Å². The molecule has 0 aliphatic rings. The minimum absolute atomic E-state index is 0. The first-order chi connectivity index (χ1) is 13.3. The molecule has 0 saturated carbocycles. The van der Waals surface area contributed by atoms with Crippen LogP contribution in [0.25, 0.3) is 22.1 Å². The zero-order valence-corrected chi connectivity index (χ0v) is 22.2. The number of carbonyl (C=O) groups excluding carboxylic acids is 4. The van der Waals surface area contributed by atoms with Crippen molar-refractivity contribution >= 4 is 35.1 Å². The Hall–Kier alpha value is -1.10. The summed E-state index contributed by atoms with van der Waals surface area (Å²) in [5.74, 6) is -3.68. The molecule has 0 aliphatic carbocycles. The first kappa shape index (κ1) is 34.5. The van der Waals surface area contributed by atoms with Gasteiger partial charge < -0.3 is 51.5 Å². The van der Waals surface area contributed by atoms with Crippen LogP contribution in [0.4, 0.5) is 11.4 Å². The molecule has 2 amide bonds. The Balaban J connectivity index is -0.000000461. The summed E-state index contributed by atoms with van der Waals surface area (Å²) in [7, 11) is 0. The van der Waals surface area contributed by atoms with E-state index in [0.29, 0.717) is 11.4 Å². The molecule has 0 heterocycles. The van der Waals surface area contributed by atoms with E-state index in [1.54, 1.807) is 0 Å². The number of benzene rings is 2. The predicted octanol–water partition coefficient (Wildman–Crippen LogP) is -4.73. The number of nitrogens with one attached hydrogen (secondary N) is 2. The Kier molecular flexibility index (Phi) is 20.6. The largest absolute Gasteiger partial charge is 1.00 e. The van der Waals surface area contributed by atoms with Crippen molar-refractivity contribution in [3.8, 4) is 0 Å². The fourth-order valence-electron chi connectivity index (χ4n) is 1.71. The molecule has 0 atom stereocenters. The van der Waals surface area contributed by atoms with Crippen LogP contribution in [0.1, 0.15) is 20.7 Å². The van der Waals surface area contributed by atoms with Gasteiger partial charge in [-0.2, -0.15) is 0 Å². The van der Waals surface area contributed by atoms with E-state index in [1.165, 1.54) is 48.5 Å². The minimum Gasteiger partial charge on any atom is -0.673 e. The molecule has 10 nitrogen and oxygen atoms in total. The van der Waals surface area contributed by atoms with Crippen LogP contribution in [0.15, 0.2) is 48.5 Å². The van der Waals surface area contributed by atoms with Crippen molar-refractivity contribution in [1.29, 1.82) is 0 Å². The second kappa shape index (κ2) is 18.5. The van der Waals surface area contributed by atoms with E-state index >= 15 is 0 Å². The van der Waals surface area contributed by atoms with Crippen LogP contribution >= 0.6 is 0 Å². The van der Waals surface area contributed by atoms with E-state index < -0.39 is 36.8 Å². The van der Waals surface area contributed by atoms with Crippen LogP contribution < -0.4 is 69.3 Å². The average Bonchev–Trinajstić information content (AvgIpc) is 2.69. The second-order valence-electron chi connectivity index (χ2n) is 5.03. The molecule has 0 fully saturated rings. The van der Waals surface area contributed by atoms with Gasteiger partial charge in [0.25, 0.3) is 0 Å². The van der Waals surface area contributed by atoms with Gasteiger partial charge in [-0.1, -0.05) is 48.5 Å². The monoisotopic (exact) mass is 534 g/mol. The molecule has 0 radical (unpaired) electrons. The molecule has 0 spiro atoms. The van der Waals surface area contributed by atoms with Gasteiger partial charge in [0.1, 0.15) is 0 Å². The Morgan fingerprint density at radius 2 is 0.903 bits per heavy atom. The van der Waals surface area contributed by atoms with Gasteiger partial charge in [-0.05, 0) is 11.1 Å². The molecule has 0 aromatic heterocycles. The molecule has 0 saturated heterocycles. The van der Waals surface area contributed by atoms with Gasteiger partial charge in [-0.25, -0.2) is 0 Å². The van der Waals surface area contributed by atoms with Crippen LogP contribution in [-0.4, -0.2) is 36.8 Å². The molecule has 2 rings (SSSR count). The number of carboxylic acids is 2. The van der Waals surface area contributed by atoms with E-state index in [9.17, 15) is 29.4 Å². The van der Waals surface area contributed by atoms with Crippen molar-refractivity contribution in [2.75, 3.05) is 13.1 Å². The molecule has 0 aliphatic heterocycles. The molecule has 2 aromatic rings. The van der Waals surface area contributed by atoms with Crippen molar-refractivity contribution in [2.24, 2.45) is 0 Å². The molecule has 158 valence electrons. The van der Waals surface area contributed by atoms with E-state index in [0.717, 1.165) is 0 Å². The summed E-state index contributed by atoms with van der Waals surface area (Å²) in [6.07, 6.45) is 0. The van der Waals surface area contributed by atoms with Crippen molar-refractivity contribution in [1.82, 2.24) is 0 Å². The van der Waals surface area contributed by atoms with Crippen LogP contribution in [-0.2, 0) is 30.0 Å². The average molecular weight is 535 g/mol. The maximum Gasteiger partial charge on any atom is 1.00 e. The van der Waals surface area contributed by atoms with Crippen molar-refractivity contribution in [2.45, 2.75) is 0 Å². The van der Waals surface area contributed by atoms with Gasteiger partial charge in [0.15, 0.2) is 0 Å². The first-order valence-electron chi connectivity index (χ1n) is 7.68. The molecule has 2 aromatic carbocycles. The summed E-state index contributed by atoms with van der Waals surface area (Å²) in [5, 5.41) is 27.8. The summed E-state index contributed by atoms with van der Waals surface area (Å²) < 4.78 is 0. The van der Waals surface area contributed by atoms with Gasteiger partial charge in [-0.3, -0.25) is 0 Å². The fraction of sp³-hybridized carbons (Fsp3) is 0.111. The molecule has 13 heteroatoms. The van der Waals surface area contributed by atoms with Crippen molar-refractivity contribution in [3.05, 3.63) is 81.8 Å². The zero-order chi connectivity index (χ0) is 21.1. The first-order valence-corrected chi connectivity index (χ1v) is 7.68. The molecule has 31 heavy (non-hydrogen) atoms. The molecular formula is C18H14N4Na2O6Pd-4. The third-order valence-electron chi connectivity index (χ3n) is 3.02. The standard InChI is InChI=1S/2C9H9N2O3.2Na.Pd/c2*10-5-8(12)11-7-3-1-6(2-4-7)9(13)14;;;/h2*1-4,10H,5H2,(H2,11,12,13,14);;;/q2*-1;2*+1;/p-4. The maximum absolute atomic E-state index is 10.7. The van der Waals surface area contributed by atoms with Crippen LogP contribution in [0.5, 0.6) is 0 Å². The summed E-state index contributed by atoms with van der Waals surface area (Å²) >= 11 is 0. The third-order valence-corrected chi connectivity index (χ3v) is 3.02.